The topological polar surface area (TPSA) is 256 Å². The SMILES string of the molecule is C=C(COC(=O)N1CCC[C@H]1C(=O)O[C@]1(CC)C(=O)OCc2c1cc1n(c2=O)Cc2c-1nc1cc(F)c(C)c3c1c2C([NH3+])CC3)C(=O)N1CCN(c2nc(OC[C@@]34CCCN3C[C@H](F)C4)nc3c(F)c(-c4ccc(F)c5sc(N)c(C#N)c45)c(Cl)cc23)[C@@H](C)C1. The summed E-state index contributed by atoms with van der Waals surface area (Å²) in [6.45, 7) is 9.75. The lowest BCUT2D eigenvalue weighted by Gasteiger charge is -2.41. The fraction of sp³-hybridized carbons (Fsp3) is 0.422. The van der Waals surface area contributed by atoms with E-state index >= 15 is 13.2 Å². The van der Waals surface area contributed by atoms with Gasteiger partial charge in [-0.15, -0.1) is 11.3 Å². The van der Waals surface area contributed by atoms with Crippen molar-refractivity contribution in [3.8, 4) is 34.6 Å². The number of thiophene rings is 1. The number of nitrogens with zero attached hydrogens (tertiary/aromatic N) is 9. The number of quaternary nitrogens is 1. The Balaban J connectivity index is 0.682. The van der Waals surface area contributed by atoms with Gasteiger partial charge in [-0.1, -0.05) is 31.2 Å². The molecule has 10 heterocycles. The molecular formula is C64H61ClF4N11O9S+. The third-order valence-corrected chi connectivity index (χ3v) is 21.0. The summed E-state index contributed by atoms with van der Waals surface area (Å²) < 4.78 is 88.5. The van der Waals surface area contributed by atoms with E-state index in [1.807, 2.05) is 17.9 Å². The third-order valence-electron chi connectivity index (χ3n) is 19.6. The van der Waals surface area contributed by atoms with E-state index in [-0.39, 0.29) is 154 Å². The van der Waals surface area contributed by atoms with Crippen LogP contribution >= 0.6 is 22.9 Å². The van der Waals surface area contributed by atoms with Crippen LogP contribution in [-0.4, -0.2) is 134 Å². The number of anilines is 2. The van der Waals surface area contributed by atoms with Gasteiger partial charge in [-0.2, -0.15) is 15.2 Å². The maximum Gasteiger partial charge on any atom is 0.410 e. The Bertz CT molecular complexity index is 4460. The molecule has 20 nitrogen and oxygen atoms in total. The van der Waals surface area contributed by atoms with Crippen LogP contribution in [0.2, 0.25) is 5.02 Å². The molecule has 0 saturated carbocycles. The number of aromatic nitrogens is 4. The summed E-state index contributed by atoms with van der Waals surface area (Å²) in [5.74, 6) is -4.11. The summed E-state index contributed by atoms with van der Waals surface area (Å²) in [7, 11) is 0. The number of nitrogens with two attached hydrogens (primary N) is 1. The van der Waals surface area contributed by atoms with Gasteiger partial charge in [0.05, 0.1) is 49.8 Å². The van der Waals surface area contributed by atoms with Crippen LogP contribution in [0.5, 0.6) is 6.01 Å². The van der Waals surface area contributed by atoms with E-state index in [1.165, 1.54) is 23.1 Å². The molecule has 4 saturated heterocycles. The number of aryl methyl sites for hydroxylation is 1. The second kappa shape index (κ2) is 21.9. The largest absolute Gasteiger partial charge is 0.461 e. The number of benzene rings is 3. The molecule has 1 unspecified atom stereocenters. The molecule has 90 heavy (non-hydrogen) atoms. The number of nitrogen functional groups attached to an aromatic ring is 1. The highest BCUT2D eigenvalue weighted by molar-refractivity contribution is 7.23. The van der Waals surface area contributed by atoms with Crippen LogP contribution in [0.25, 0.3) is 54.4 Å². The van der Waals surface area contributed by atoms with Crippen molar-refractivity contribution in [2.24, 2.45) is 0 Å². The summed E-state index contributed by atoms with van der Waals surface area (Å²) in [5.41, 5.74) is 11.6. The highest BCUT2D eigenvalue weighted by Gasteiger charge is 2.53. The average Bonchev–Trinajstić information content (AvgIpc) is 1.45. The van der Waals surface area contributed by atoms with Gasteiger partial charge in [-0.3, -0.25) is 19.4 Å². The Morgan fingerprint density at radius 2 is 1.82 bits per heavy atom. The lowest BCUT2D eigenvalue weighted by atomic mass is 9.82. The first kappa shape index (κ1) is 59.2. The summed E-state index contributed by atoms with van der Waals surface area (Å²) in [6, 6.07) is 6.92. The van der Waals surface area contributed by atoms with E-state index in [0.29, 0.717) is 54.7 Å². The third kappa shape index (κ3) is 9.08. The summed E-state index contributed by atoms with van der Waals surface area (Å²) >= 11 is 7.85. The van der Waals surface area contributed by atoms with Gasteiger partial charge in [0.25, 0.3) is 11.5 Å². The number of ether oxygens (including phenoxy) is 4. The Hall–Kier alpha value is -8.44. The van der Waals surface area contributed by atoms with Crippen LogP contribution in [0.4, 0.5) is 33.2 Å². The first-order valence-corrected chi connectivity index (χ1v) is 31.3. The number of nitriles is 1. The van der Waals surface area contributed by atoms with E-state index in [9.17, 15) is 33.6 Å². The molecule has 0 radical (unpaired) electrons. The molecule has 0 spiro atoms. The zero-order valence-corrected chi connectivity index (χ0v) is 51.0. The second-order valence-electron chi connectivity index (χ2n) is 24.6. The van der Waals surface area contributed by atoms with Crippen molar-refractivity contribution >= 4 is 89.6 Å². The van der Waals surface area contributed by atoms with Gasteiger partial charge < -0.3 is 44.8 Å². The van der Waals surface area contributed by atoms with Crippen molar-refractivity contribution in [2.75, 3.05) is 63.1 Å². The van der Waals surface area contributed by atoms with E-state index in [1.54, 1.807) is 24.5 Å². The van der Waals surface area contributed by atoms with E-state index in [0.717, 1.165) is 50.8 Å². The Kier molecular flexibility index (Phi) is 14.4. The van der Waals surface area contributed by atoms with Crippen molar-refractivity contribution < 1.29 is 61.4 Å². The van der Waals surface area contributed by atoms with Crippen LogP contribution in [0, 0.1) is 35.7 Å². The lowest BCUT2D eigenvalue weighted by molar-refractivity contribution is -0.428. The Labute approximate surface area is 520 Å². The van der Waals surface area contributed by atoms with Gasteiger partial charge in [-0.05, 0) is 93.8 Å². The summed E-state index contributed by atoms with van der Waals surface area (Å²) in [5, 5.41) is 11.1. The van der Waals surface area contributed by atoms with Crippen LogP contribution in [0.15, 0.2) is 47.3 Å². The first-order chi connectivity index (χ1) is 43.1. The fourth-order valence-corrected chi connectivity index (χ4v) is 16.3. The average molecular weight is 1270 g/mol. The van der Waals surface area contributed by atoms with Crippen molar-refractivity contribution in [1.29, 1.82) is 5.26 Å². The zero-order chi connectivity index (χ0) is 63.1. The monoisotopic (exact) mass is 1270 g/mol. The number of alkyl halides is 1. The van der Waals surface area contributed by atoms with E-state index < -0.39 is 83.0 Å². The number of fused-ring (bicyclic) bond motifs is 8. The molecule has 3 aromatic carbocycles. The van der Waals surface area contributed by atoms with Crippen molar-refractivity contribution in [3.63, 3.8) is 0 Å². The molecule has 5 N–H and O–H groups in total. The van der Waals surface area contributed by atoms with Gasteiger partial charge in [0, 0.05) is 102 Å². The van der Waals surface area contributed by atoms with Crippen LogP contribution in [-0.2, 0) is 53.8 Å². The van der Waals surface area contributed by atoms with Crippen molar-refractivity contribution in [3.05, 3.63) is 114 Å². The minimum atomic E-state index is -2.10. The summed E-state index contributed by atoms with van der Waals surface area (Å²) in [6.07, 6.45) is 1.44. The molecule has 0 bridgehead atoms. The number of hydrogen-bond donors (Lipinski definition) is 2. The van der Waals surface area contributed by atoms with Gasteiger partial charge in [0.15, 0.2) is 5.82 Å². The molecule has 2 amide bonds. The molecule has 6 atom stereocenters. The Morgan fingerprint density at radius 1 is 1.01 bits per heavy atom. The number of esters is 2. The second-order valence-corrected chi connectivity index (χ2v) is 26.1. The molecule has 466 valence electrons. The predicted molar refractivity (Wildman–Crippen MR) is 324 cm³/mol. The molecule has 7 aliphatic rings. The van der Waals surface area contributed by atoms with Gasteiger partial charge >= 0.3 is 24.0 Å². The number of likely N-dealkylation sites (tertiary alicyclic amines) is 1. The van der Waals surface area contributed by atoms with E-state index in [2.05, 4.69) is 22.2 Å². The minimum absolute atomic E-state index is 0.0272. The Morgan fingerprint density at radius 3 is 2.60 bits per heavy atom. The molecule has 26 heteroatoms. The number of halogens is 5. The number of rotatable bonds is 11. The number of piperazine rings is 1. The molecule has 4 fully saturated rings. The highest BCUT2D eigenvalue weighted by atomic mass is 35.5. The first-order valence-electron chi connectivity index (χ1n) is 30.1. The number of amides is 2. The number of cyclic esters (lactones) is 1. The number of carbonyl (C=O) groups is 4. The van der Waals surface area contributed by atoms with Gasteiger partial charge in [-0.25, -0.2) is 36.9 Å². The number of pyridine rings is 2. The van der Waals surface area contributed by atoms with Crippen LogP contribution in [0.1, 0.15) is 104 Å². The smallest absolute Gasteiger partial charge is 0.410 e. The molecular weight excluding hydrogens is 1210 g/mol. The van der Waals surface area contributed by atoms with Gasteiger partial charge in [0.1, 0.15) is 72.1 Å². The maximum absolute atomic E-state index is 17.6. The lowest BCUT2D eigenvalue weighted by Crippen LogP contribution is -2.54. The fourth-order valence-electron chi connectivity index (χ4n) is 15.1. The van der Waals surface area contributed by atoms with E-state index in [4.69, 9.17) is 46.3 Å². The van der Waals surface area contributed by atoms with Gasteiger partial charge in [0.2, 0.25) is 5.60 Å². The molecule has 6 aliphatic heterocycles. The normalized spacial score (nSPS) is 23.4. The highest BCUT2D eigenvalue weighted by Crippen LogP contribution is 2.49. The minimum Gasteiger partial charge on any atom is -0.461 e. The zero-order valence-electron chi connectivity index (χ0n) is 49.4. The predicted octanol–water partition coefficient (Wildman–Crippen LogP) is 8.37. The van der Waals surface area contributed by atoms with Crippen LogP contribution in [0.3, 0.4) is 0 Å². The summed E-state index contributed by atoms with van der Waals surface area (Å²) in [4.78, 5) is 92.2. The quantitative estimate of drug-likeness (QED) is 0.0533. The molecule has 1 aliphatic carbocycles. The standard InChI is InChI=1S/C64H60ClF4N11O9S/c1-5-64(39-19-46-52-37(25-80(46)58(82)38(39)27-86-60(64)84)49-43(71)12-10-33-31(4)42(68)20-44(73-52)50(33)49)89-59(83)45-8-6-15-79(45)62(85)87-26-29(2)57(81)76-16-17-78(30(3)23-76)56-35-18-40(65)48(34-9-11-41(67)54-47(34)36(22-70)55(72)90-54)51(69)53(35)74-61(75-56)88-28-63-13-7-14-77(63)24-32(66)21-63/h9,11,18-20,30,32,43,45H,2,5-8,10,12-17,21,23-28,71-72H2,1,3-4H3/p+1/t30-,32+,43?,45-,63-,64-/m0/s1. The van der Waals surface area contributed by atoms with Crippen molar-refractivity contribution in [1.82, 2.24) is 34.2 Å². The molecule has 14 rings (SSSR count). The molecule has 4 aromatic heterocycles. The molecule has 7 aromatic rings. The van der Waals surface area contributed by atoms with Crippen LogP contribution < -0.4 is 26.7 Å². The van der Waals surface area contributed by atoms with Crippen molar-refractivity contribution in [2.45, 2.75) is 121 Å². The number of carbonyl (C=O) groups excluding carboxylic acids is 4. The number of hydrogen-bond acceptors (Lipinski definition) is 17. The maximum atomic E-state index is 17.6.